The minimum atomic E-state index is -0.288. The number of nitrogens with zero attached hydrogens (tertiary/aromatic N) is 3. The normalized spacial score (nSPS) is 13.7. The quantitative estimate of drug-likeness (QED) is 0.354. The fourth-order valence-electron chi connectivity index (χ4n) is 4.20. The van der Waals surface area contributed by atoms with Crippen molar-refractivity contribution in [2.75, 3.05) is 43.5 Å². The van der Waals surface area contributed by atoms with Crippen LogP contribution in [0.25, 0.3) is 10.9 Å². The number of ether oxygens (including phenoxy) is 1. The number of hydrogen-bond donors (Lipinski definition) is 3. The maximum absolute atomic E-state index is 12.7. The van der Waals surface area contributed by atoms with Gasteiger partial charge < -0.3 is 25.3 Å². The number of piperazine rings is 1. The molecule has 5 rings (SSSR count). The summed E-state index contributed by atoms with van der Waals surface area (Å²) in [6.45, 7) is 3.73. The van der Waals surface area contributed by atoms with E-state index in [1.165, 1.54) is 0 Å². The first kappa shape index (κ1) is 23.4. The SMILES string of the molecule is COc1cc(N2CCNCC2)ccc1Nc1nc(Cc2c(Cl)cccc2Cl)nc2cc[nH]c(=O)c12. The summed E-state index contributed by atoms with van der Waals surface area (Å²) in [7, 11) is 1.62. The third kappa shape index (κ3) is 4.91. The Kier molecular flexibility index (Phi) is 6.77. The average molecular weight is 511 g/mol. The van der Waals surface area contributed by atoms with Crippen LogP contribution in [0.4, 0.5) is 17.2 Å². The van der Waals surface area contributed by atoms with Crippen LogP contribution in [0.15, 0.2) is 53.5 Å². The van der Waals surface area contributed by atoms with Crippen LogP contribution in [-0.4, -0.2) is 48.2 Å². The van der Waals surface area contributed by atoms with Crippen LogP contribution < -0.4 is 25.8 Å². The third-order valence-corrected chi connectivity index (χ3v) is 6.69. The van der Waals surface area contributed by atoms with Crippen LogP contribution in [0.2, 0.25) is 10.0 Å². The zero-order valence-electron chi connectivity index (χ0n) is 19.1. The summed E-state index contributed by atoms with van der Waals surface area (Å²) in [5, 5.41) is 8.08. The van der Waals surface area contributed by atoms with E-state index in [1.807, 2.05) is 18.2 Å². The number of hydrogen-bond acceptors (Lipinski definition) is 7. The van der Waals surface area contributed by atoms with Crippen molar-refractivity contribution in [2.24, 2.45) is 0 Å². The molecule has 0 spiro atoms. The number of H-pyrrole nitrogens is 1. The van der Waals surface area contributed by atoms with Crippen molar-refractivity contribution in [1.29, 1.82) is 0 Å². The van der Waals surface area contributed by atoms with Gasteiger partial charge in [-0.2, -0.15) is 0 Å². The van der Waals surface area contributed by atoms with Gasteiger partial charge in [-0.15, -0.1) is 0 Å². The molecule has 3 N–H and O–H groups in total. The van der Waals surface area contributed by atoms with Crippen molar-refractivity contribution in [2.45, 2.75) is 6.42 Å². The molecule has 0 atom stereocenters. The Balaban J connectivity index is 1.55. The third-order valence-electron chi connectivity index (χ3n) is 5.98. The number of fused-ring (bicyclic) bond motifs is 1. The van der Waals surface area contributed by atoms with Gasteiger partial charge in [0.15, 0.2) is 0 Å². The molecule has 2 aromatic carbocycles. The fourth-order valence-corrected chi connectivity index (χ4v) is 4.73. The van der Waals surface area contributed by atoms with Crippen molar-refractivity contribution in [1.82, 2.24) is 20.3 Å². The Morgan fingerprint density at radius 2 is 1.86 bits per heavy atom. The number of nitrogens with one attached hydrogen (secondary N) is 3. The Morgan fingerprint density at radius 3 is 2.60 bits per heavy atom. The maximum Gasteiger partial charge on any atom is 0.261 e. The highest BCUT2D eigenvalue weighted by Crippen LogP contribution is 2.33. The molecule has 0 amide bonds. The van der Waals surface area contributed by atoms with Gasteiger partial charge in [-0.25, -0.2) is 9.97 Å². The molecule has 180 valence electrons. The number of anilines is 3. The lowest BCUT2D eigenvalue weighted by Gasteiger charge is -2.30. The number of methoxy groups -OCH3 is 1. The Labute approximate surface area is 212 Å². The number of aromatic nitrogens is 3. The van der Waals surface area contributed by atoms with Gasteiger partial charge in [0.05, 0.1) is 18.3 Å². The largest absolute Gasteiger partial charge is 0.494 e. The Hall–Kier alpha value is -3.33. The second kappa shape index (κ2) is 10.1. The number of aromatic amines is 1. The molecule has 1 aliphatic heterocycles. The Morgan fingerprint density at radius 1 is 1.09 bits per heavy atom. The van der Waals surface area contributed by atoms with Crippen molar-refractivity contribution >= 4 is 51.3 Å². The van der Waals surface area contributed by atoms with Crippen LogP contribution in [0.5, 0.6) is 5.75 Å². The van der Waals surface area contributed by atoms with Gasteiger partial charge >= 0.3 is 0 Å². The molecule has 1 aliphatic rings. The van der Waals surface area contributed by atoms with E-state index in [0.29, 0.717) is 50.4 Å². The van der Waals surface area contributed by atoms with Crippen LogP contribution in [0, 0.1) is 0 Å². The molecule has 1 saturated heterocycles. The number of halogens is 2. The van der Waals surface area contributed by atoms with Crippen LogP contribution in [0.3, 0.4) is 0 Å². The molecule has 0 bridgehead atoms. The standard InChI is InChI=1S/C25H24Cl2N6O2/c1-35-21-13-15(33-11-9-28-10-12-33)5-6-19(21)31-24-23-20(7-8-29-25(23)34)30-22(32-24)14-16-17(26)3-2-4-18(16)27/h2-8,13,28H,9-12,14H2,1H3,(H,29,34)(H,30,31,32). The first-order chi connectivity index (χ1) is 17.0. The predicted octanol–water partition coefficient (Wildman–Crippen LogP) is 4.38. The number of benzene rings is 2. The molecular weight excluding hydrogens is 487 g/mol. The minimum Gasteiger partial charge on any atom is -0.494 e. The van der Waals surface area contributed by atoms with Crippen molar-refractivity contribution in [3.05, 3.63) is 80.4 Å². The van der Waals surface area contributed by atoms with Gasteiger partial charge in [0, 0.05) is 60.6 Å². The summed E-state index contributed by atoms with van der Waals surface area (Å²) in [5.41, 5.74) is 2.72. The molecule has 10 heteroatoms. The molecule has 4 aromatic rings. The van der Waals surface area contributed by atoms with Gasteiger partial charge in [-0.1, -0.05) is 29.3 Å². The first-order valence-electron chi connectivity index (χ1n) is 11.3. The second-order valence-corrected chi connectivity index (χ2v) is 8.99. The van der Waals surface area contributed by atoms with E-state index in [9.17, 15) is 4.79 Å². The number of pyridine rings is 1. The lowest BCUT2D eigenvalue weighted by molar-refractivity contribution is 0.416. The fraction of sp³-hybridized carbons (Fsp3) is 0.240. The average Bonchev–Trinajstić information content (AvgIpc) is 2.87. The molecule has 35 heavy (non-hydrogen) atoms. The van der Waals surface area contributed by atoms with Gasteiger partial charge in [0.25, 0.3) is 5.56 Å². The smallest absolute Gasteiger partial charge is 0.261 e. The highest BCUT2D eigenvalue weighted by Gasteiger charge is 2.17. The van der Waals surface area contributed by atoms with Crippen molar-refractivity contribution < 1.29 is 4.74 Å². The molecule has 3 heterocycles. The zero-order valence-corrected chi connectivity index (χ0v) is 20.6. The van der Waals surface area contributed by atoms with Crippen LogP contribution >= 0.6 is 23.2 Å². The monoisotopic (exact) mass is 510 g/mol. The summed E-state index contributed by atoms with van der Waals surface area (Å²) in [6, 6.07) is 13.0. The molecule has 1 fully saturated rings. The summed E-state index contributed by atoms with van der Waals surface area (Å²) in [4.78, 5) is 27.0. The van der Waals surface area contributed by atoms with Crippen molar-refractivity contribution in [3.8, 4) is 5.75 Å². The predicted molar refractivity (Wildman–Crippen MR) is 141 cm³/mol. The van der Waals surface area contributed by atoms with E-state index >= 15 is 0 Å². The summed E-state index contributed by atoms with van der Waals surface area (Å²) < 4.78 is 5.68. The summed E-state index contributed by atoms with van der Waals surface area (Å²) >= 11 is 12.8. The maximum atomic E-state index is 12.7. The van der Waals surface area contributed by atoms with Crippen LogP contribution in [0.1, 0.15) is 11.4 Å². The molecule has 8 nitrogen and oxygen atoms in total. The molecule has 0 aliphatic carbocycles. The first-order valence-corrected chi connectivity index (χ1v) is 12.0. The minimum absolute atomic E-state index is 0.288. The molecule has 0 unspecified atom stereocenters. The zero-order chi connectivity index (χ0) is 24.4. The summed E-state index contributed by atoms with van der Waals surface area (Å²) in [5.74, 6) is 1.51. The van der Waals surface area contributed by atoms with E-state index in [1.54, 1.807) is 37.6 Å². The second-order valence-electron chi connectivity index (χ2n) is 8.18. The van der Waals surface area contributed by atoms with Gasteiger partial charge in [0.2, 0.25) is 0 Å². The lowest BCUT2D eigenvalue weighted by Crippen LogP contribution is -2.43. The van der Waals surface area contributed by atoms with E-state index in [2.05, 4.69) is 30.5 Å². The van der Waals surface area contributed by atoms with Gasteiger partial charge in [-0.3, -0.25) is 4.79 Å². The number of rotatable bonds is 6. The highest BCUT2D eigenvalue weighted by molar-refractivity contribution is 6.36. The summed E-state index contributed by atoms with van der Waals surface area (Å²) in [6.07, 6.45) is 1.88. The van der Waals surface area contributed by atoms with E-state index < -0.39 is 0 Å². The van der Waals surface area contributed by atoms with E-state index in [0.717, 1.165) is 37.4 Å². The highest BCUT2D eigenvalue weighted by atomic mass is 35.5. The molecule has 2 aromatic heterocycles. The van der Waals surface area contributed by atoms with E-state index in [-0.39, 0.29) is 5.56 Å². The van der Waals surface area contributed by atoms with Crippen molar-refractivity contribution in [3.63, 3.8) is 0 Å². The molecule has 0 radical (unpaired) electrons. The van der Waals surface area contributed by atoms with Gasteiger partial charge in [0.1, 0.15) is 22.8 Å². The molecule has 0 saturated carbocycles. The lowest BCUT2D eigenvalue weighted by atomic mass is 10.1. The molecular formula is C25H24Cl2N6O2. The topological polar surface area (TPSA) is 95.2 Å². The Bertz CT molecular complexity index is 1420. The van der Waals surface area contributed by atoms with Crippen LogP contribution in [-0.2, 0) is 6.42 Å². The van der Waals surface area contributed by atoms with E-state index in [4.69, 9.17) is 27.9 Å². The van der Waals surface area contributed by atoms with Gasteiger partial charge in [-0.05, 0) is 35.9 Å².